The van der Waals surface area contributed by atoms with E-state index in [1.54, 1.807) is 30.2 Å². The summed E-state index contributed by atoms with van der Waals surface area (Å²) in [7, 11) is -1.87. The van der Waals surface area contributed by atoms with E-state index in [4.69, 9.17) is 4.74 Å². The number of aryl methyl sites for hydroxylation is 1. The molecule has 0 radical (unpaired) electrons. The molecule has 1 N–H and O–H groups in total. The maximum absolute atomic E-state index is 13.1. The highest BCUT2D eigenvalue weighted by Crippen LogP contribution is 2.33. The van der Waals surface area contributed by atoms with Crippen LogP contribution in [0.5, 0.6) is 5.75 Å². The molecule has 0 aromatic heterocycles. The van der Waals surface area contributed by atoms with Gasteiger partial charge in [-0.15, -0.1) is 0 Å². The van der Waals surface area contributed by atoms with E-state index >= 15 is 0 Å². The summed E-state index contributed by atoms with van der Waals surface area (Å²) >= 11 is 0. The Balaban J connectivity index is 1.99. The van der Waals surface area contributed by atoms with Crippen molar-refractivity contribution in [2.24, 2.45) is 0 Å². The number of nitrogens with one attached hydrogen (secondary N) is 1. The first-order valence-electron chi connectivity index (χ1n) is 7.86. The zero-order valence-electron chi connectivity index (χ0n) is 14.4. The van der Waals surface area contributed by atoms with Gasteiger partial charge in [-0.2, -0.15) is 0 Å². The van der Waals surface area contributed by atoms with Crippen molar-refractivity contribution in [3.63, 3.8) is 0 Å². The third-order valence-electron chi connectivity index (χ3n) is 4.13. The normalized spacial score (nSPS) is 13.5. The maximum atomic E-state index is 13.1. The van der Waals surface area contributed by atoms with Crippen molar-refractivity contribution in [2.45, 2.75) is 13.3 Å². The molecule has 0 fully saturated rings. The van der Waals surface area contributed by atoms with Crippen molar-refractivity contribution in [3.8, 4) is 5.75 Å². The minimum atomic E-state index is -3.48. The molecule has 2 aromatic rings. The Morgan fingerprint density at radius 1 is 1.20 bits per heavy atom. The molecule has 3 rings (SSSR count). The predicted molar refractivity (Wildman–Crippen MR) is 98.0 cm³/mol. The summed E-state index contributed by atoms with van der Waals surface area (Å²) in [4.78, 5) is 14.8. The van der Waals surface area contributed by atoms with Crippen molar-refractivity contribution in [1.29, 1.82) is 0 Å². The number of amides is 1. The van der Waals surface area contributed by atoms with Gasteiger partial charge in [-0.05, 0) is 49.2 Å². The summed E-state index contributed by atoms with van der Waals surface area (Å²) < 4.78 is 30.9. The molecule has 0 saturated carbocycles. The van der Waals surface area contributed by atoms with E-state index in [2.05, 4.69) is 4.72 Å². The van der Waals surface area contributed by atoms with Crippen LogP contribution in [0.4, 0.5) is 11.4 Å². The van der Waals surface area contributed by atoms with Crippen LogP contribution in [0.3, 0.4) is 0 Å². The Hall–Kier alpha value is -2.54. The molecule has 1 heterocycles. The molecular weight excluding hydrogens is 340 g/mol. The van der Waals surface area contributed by atoms with Crippen LogP contribution < -0.4 is 14.4 Å². The molecule has 0 unspecified atom stereocenters. The molecule has 0 spiro atoms. The fraction of sp³-hybridized carbons (Fsp3) is 0.278. The van der Waals surface area contributed by atoms with Gasteiger partial charge in [0.25, 0.3) is 5.91 Å². The highest BCUT2D eigenvalue weighted by molar-refractivity contribution is 7.92. The lowest BCUT2D eigenvalue weighted by Crippen LogP contribution is -2.30. The first-order chi connectivity index (χ1) is 11.8. The molecular formula is C18H20N2O4S. The first kappa shape index (κ1) is 17.3. The summed E-state index contributed by atoms with van der Waals surface area (Å²) in [5, 5.41) is 0. The largest absolute Gasteiger partial charge is 0.497 e. The SMILES string of the molecule is COc1ccc2c(c1)CCN2C(=O)c1cc(C)ccc1NS(C)(=O)=O. The Bertz CT molecular complexity index is 938. The van der Waals surface area contributed by atoms with E-state index < -0.39 is 10.0 Å². The van der Waals surface area contributed by atoms with Crippen molar-refractivity contribution in [3.05, 3.63) is 53.1 Å². The summed E-state index contributed by atoms with van der Waals surface area (Å²) in [5.41, 5.74) is 3.39. The number of ether oxygens (including phenoxy) is 1. The summed E-state index contributed by atoms with van der Waals surface area (Å²) in [5.74, 6) is 0.529. The summed E-state index contributed by atoms with van der Waals surface area (Å²) in [6.07, 6.45) is 1.80. The van der Waals surface area contributed by atoms with Gasteiger partial charge >= 0.3 is 0 Å². The fourth-order valence-electron chi connectivity index (χ4n) is 2.99. The number of methoxy groups -OCH3 is 1. The van der Waals surface area contributed by atoms with E-state index in [0.29, 0.717) is 17.8 Å². The van der Waals surface area contributed by atoms with Gasteiger partial charge < -0.3 is 9.64 Å². The Labute approximate surface area is 147 Å². The molecule has 1 aliphatic heterocycles. The van der Waals surface area contributed by atoms with Gasteiger partial charge in [-0.3, -0.25) is 9.52 Å². The predicted octanol–water partition coefficient (Wildman–Crippen LogP) is 2.58. The minimum Gasteiger partial charge on any atom is -0.497 e. The van der Waals surface area contributed by atoms with Crippen LogP contribution in [0.2, 0.25) is 0 Å². The van der Waals surface area contributed by atoms with Gasteiger partial charge in [0.1, 0.15) is 5.75 Å². The van der Waals surface area contributed by atoms with Crippen LogP contribution in [0, 0.1) is 6.92 Å². The number of hydrogen-bond acceptors (Lipinski definition) is 4. The topological polar surface area (TPSA) is 75.7 Å². The van der Waals surface area contributed by atoms with E-state index in [1.807, 2.05) is 25.1 Å². The molecule has 25 heavy (non-hydrogen) atoms. The number of anilines is 2. The molecule has 1 amide bonds. The highest BCUT2D eigenvalue weighted by atomic mass is 32.2. The third kappa shape index (κ3) is 3.61. The van der Waals surface area contributed by atoms with Gasteiger partial charge in [-0.25, -0.2) is 8.42 Å². The highest BCUT2D eigenvalue weighted by Gasteiger charge is 2.28. The van der Waals surface area contributed by atoms with Crippen molar-refractivity contribution in [2.75, 3.05) is 29.5 Å². The number of hydrogen-bond donors (Lipinski definition) is 1. The maximum Gasteiger partial charge on any atom is 0.260 e. The standard InChI is InChI=1S/C18H20N2O4S/c1-12-4-6-16(19-25(3,22)23)15(10-12)18(21)20-9-8-13-11-14(24-2)5-7-17(13)20/h4-7,10-11,19H,8-9H2,1-3H3. The van der Waals surface area contributed by atoms with Gasteiger partial charge in [0, 0.05) is 12.2 Å². The quantitative estimate of drug-likeness (QED) is 0.909. The number of carbonyl (C=O) groups excluding carboxylic acids is 1. The number of carbonyl (C=O) groups is 1. The van der Waals surface area contributed by atoms with Crippen LogP contribution in [-0.2, 0) is 16.4 Å². The molecule has 7 heteroatoms. The van der Waals surface area contributed by atoms with Crippen LogP contribution in [-0.4, -0.2) is 34.2 Å². The number of fused-ring (bicyclic) bond motifs is 1. The van der Waals surface area contributed by atoms with Crippen LogP contribution in [0.1, 0.15) is 21.5 Å². The van der Waals surface area contributed by atoms with Gasteiger partial charge in [0.15, 0.2) is 0 Å². The zero-order chi connectivity index (χ0) is 18.2. The lowest BCUT2D eigenvalue weighted by molar-refractivity contribution is 0.0990. The number of nitrogens with zero attached hydrogens (tertiary/aromatic N) is 1. The molecule has 2 aromatic carbocycles. The lowest BCUT2D eigenvalue weighted by atomic mass is 10.1. The number of rotatable bonds is 4. The van der Waals surface area contributed by atoms with Crippen molar-refractivity contribution < 1.29 is 17.9 Å². The van der Waals surface area contributed by atoms with Gasteiger partial charge in [-0.1, -0.05) is 11.6 Å². The van der Waals surface area contributed by atoms with E-state index in [1.165, 1.54) is 0 Å². The fourth-order valence-corrected chi connectivity index (χ4v) is 3.56. The molecule has 0 atom stereocenters. The third-order valence-corrected chi connectivity index (χ3v) is 4.72. The molecule has 0 bridgehead atoms. The first-order valence-corrected chi connectivity index (χ1v) is 9.75. The van der Waals surface area contributed by atoms with E-state index in [-0.39, 0.29) is 5.91 Å². The Morgan fingerprint density at radius 2 is 1.96 bits per heavy atom. The average molecular weight is 360 g/mol. The van der Waals surface area contributed by atoms with Crippen LogP contribution in [0.15, 0.2) is 36.4 Å². The lowest BCUT2D eigenvalue weighted by Gasteiger charge is -2.20. The monoisotopic (exact) mass is 360 g/mol. The molecule has 6 nitrogen and oxygen atoms in total. The molecule has 0 aliphatic carbocycles. The van der Waals surface area contributed by atoms with Gasteiger partial charge in [0.2, 0.25) is 10.0 Å². The average Bonchev–Trinajstić information content (AvgIpc) is 2.97. The smallest absolute Gasteiger partial charge is 0.260 e. The molecule has 132 valence electrons. The molecule has 1 aliphatic rings. The summed E-state index contributed by atoms with van der Waals surface area (Å²) in [6.45, 7) is 2.41. The van der Waals surface area contributed by atoms with Crippen LogP contribution in [0.25, 0.3) is 0 Å². The zero-order valence-corrected chi connectivity index (χ0v) is 15.2. The van der Waals surface area contributed by atoms with E-state index in [0.717, 1.165) is 35.2 Å². The Kier molecular flexibility index (Phi) is 4.43. The summed E-state index contributed by atoms with van der Waals surface area (Å²) in [6, 6.07) is 10.7. The second-order valence-corrected chi connectivity index (χ2v) is 7.87. The second kappa shape index (κ2) is 6.40. The van der Waals surface area contributed by atoms with Crippen molar-refractivity contribution >= 4 is 27.3 Å². The van der Waals surface area contributed by atoms with Crippen LogP contribution >= 0.6 is 0 Å². The number of sulfonamides is 1. The number of benzene rings is 2. The molecule has 0 saturated heterocycles. The van der Waals surface area contributed by atoms with Gasteiger partial charge in [0.05, 0.1) is 24.6 Å². The minimum absolute atomic E-state index is 0.223. The second-order valence-electron chi connectivity index (χ2n) is 6.12. The van der Waals surface area contributed by atoms with E-state index in [9.17, 15) is 13.2 Å². The van der Waals surface area contributed by atoms with Crippen molar-refractivity contribution in [1.82, 2.24) is 0 Å². The Morgan fingerprint density at radius 3 is 2.64 bits per heavy atom.